The maximum Gasteiger partial charge on any atom is 0.243 e. The zero-order chi connectivity index (χ0) is 23.6. The molecule has 2 aromatic rings. The van der Waals surface area contributed by atoms with Crippen LogP contribution in [-0.2, 0) is 16.1 Å². The normalized spacial score (nSPS) is 14.6. The molecule has 0 radical (unpaired) electrons. The molecule has 3 rings (SSSR count). The fraction of sp³-hybridized carbons (Fsp3) is 0.481. The van der Waals surface area contributed by atoms with Crippen LogP contribution in [0, 0.1) is 6.92 Å². The molecule has 1 saturated carbocycles. The smallest absolute Gasteiger partial charge is 0.243 e. The van der Waals surface area contributed by atoms with E-state index in [4.69, 9.17) is 16.3 Å². The van der Waals surface area contributed by atoms with Crippen LogP contribution >= 0.6 is 11.6 Å². The van der Waals surface area contributed by atoms with Crippen LogP contribution in [0.1, 0.15) is 63.0 Å². The van der Waals surface area contributed by atoms with E-state index >= 15 is 0 Å². The van der Waals surface area contributed by atoms with Crippen LogP contribution in [0.5, 0.6) is 5.75 Å². The number of nitrogens with one attached hydrogen (secondary N) is 1. The Hall–Kier alpha value is -2.53. The van der Waals surface area contributed by atoms with Gasteiger partial charge in [0.2, 0.25) is 11.8 Å². The Kier molecular flexibility index (Phi) is 9.61. The van der Waals surface area contributed by atoms with Gasteiger partial charge in [0.1, 0.15) is 11.8 Å². The predicted octanol–water partition coefficient (Wildman–Crippen LogP) is 5.67. The molecule has 178 valence electrons. The highest BCUT2D eigenvalue weighted by atomic mass is 35.5. The van der Waals surface area contributed by atoms with Crippen molar-refractivity contribution in [1.82, 2.24) is 10.2 Å². The Bertz CT molecular complexity index is 893. The molecule has 0 bridgehead atoms. The van der Waals surface area contributed by atoms with Gasteiger partial charge in [-0.1, -0.05) is 61.2 Å². The molecule has 33 heavy (non-hydrogen) atoms. The zero-order valence-electron chi connectivity index (χ0n) is 19.7. The van der Waals surface area contributed by atoms with Crippen molar-refractivity contribution in [2.24, 2.45) is 0 Å². The van der Waals surface area contributed by atoms with Crippen molar-refractivity contribution in [3.63, 3.8) is 0 Å². The number of rotatable bonds is 11. The maximum atomic E-state index is 13.3. The molecule has 6 heteroatoms. The Labute approximate surface area is 202 Å². The van der Waals surface area contributed by atoms with Crippen molar-refractivity contribution in [2.75, 3.05) is 6.61 Å². The minimum atomic E-state index is -0.475. The van der Waals surface area contributed by atoms with Gasteiger partial charge >= 0.3 is 0 Å². The Morgan fingerprint density at radius 2 is 1.76 bits per heavy atom. The standard InChI is InChI=1S/C27H35ClN2O3/c1-3-25(27(32)29-23-7-4-5-8-23)30(19-21-12-10-20(2)11-13-21)26(31)9-6-18-33-24-16-14-22(28)15-17-24/h10-17,23,25H,3-9,18-19H2,1-2H3,(H,29,32). The van der Waals surface area contributed by atoms with E-state index in [-0.39, 0.29) is 17.9 Å². The lowest BCUT2D eigenvalue weighted by atomic mass is 10.1. The number of carbonyl (C=O) groups is 2. The van der Waals surface area contributed by atoms with Crippen molar-refractivity contribution in [2.45, 2.75) is 77.4 Å². The first-order valence-electron chi connectivity index (χ1n) is 12.0. The third-order valence-electron chi connectivity index (χ3n) is 6.18. The van der Waals surface area contributed by atoms with E-state index in [0.717, 1.165) is 37.0 Å². The molecule has 1 fully saturated rings. The molecule has 1 aliphatic carbocycles. The van der Waals surface area contributed by atoms with E-state index in [9.17, 15) is 9.59 Å². The summed E-state index contributed by atoms with van der Waals surface area (Å²) < 4.78 is 5.74. The highest BCUT2D eigenvalue weighted by Crippen LogP contribution is 2.20. The van der Waals surface area contributed by atoms with Crippen LogP contribution in [0.25, 0.3) is 0 Å². The Morgan fingerprint density at radius 1 is 1.09 bits per heavy atom. The molecule has 1 atom stereocenters. The van der Waals surface area contributed by atoms with Gasteiger partial charge in [0, 0.05) is 24.0 Å². The average Bonchev–Trinajstić information content (AvgIpc) is 3.32. The second-order valence-corrected chi connectivity index (χ2v) is 9.26. The van der Waals surface area contributed by atoms with Crippen molar-refractivity contribution in [1.29, 1.82) is 0 Å². The SMILES string of the molecule is CCC(C(=O)NC1CCCC1)N(Cc1ccc(C)cc1)C(=O)CCCOc1ccc(Cl)cc1. The summed E-state index contributed by atoms with van der Waals surface area (Å²) in [5.74, 6) is 0.664. The number of halogens is 1. The molecule has 1 aliphatic rings. The van der Waals surface area contributed by atoms with Crippen LogP contribution in [0.4, 0.5) is 0 Å². The lowest BCUT2D eigenvalue weighted by Gasteiger charge is -2.31. The van der Waals surface area contributed by atoms with Crippen LogP contribution in [-0.4, -0.2) is 35.4 Å². The molecule has 0 aliphatic heterocycles. The number of ether oxygens (including phenoxy) is 1. The largest absolute Gasteiger partial charge is 0.494 e. The van der Waals surface area contributed by atoms with Gasteiger partial charge in [-0.3, -0.25) is 9.59 Å². The molecular weight excluding hydrogens is 436 g/mol. The van der Waals surface area contributed by atoms with Gasteiger partial charge in [0.15, 0.2) is 0 Å². The summed E-state index contributed by atoms with van der Waals surface area (Å²) in [6, 6.07) is 15.1. The van der Waals surface area contributed by atoms with E-state index in [0.29, 0.717) is 37.4 Å². The minimum absolute atomic E-state index is 0.0243. The third kappa shape index (κ3) is 7.78. The van der Waals surface area contributed by atoms with Crippen molar-refractivity contribution < 1.29 is 14.3 Å². The molecular formula is C27H35ClN2O3. The van der Waals surface area contributed by atoms with Gasteiger partial charge in [0.25, 0.3) is 0 Å². The third-order valence-corrected chi connectivity index (χ3v) is 6.43. The van der Waals surface area contributed by atoms with E-state index in [1.165, 1.54) is 5.56 Å². The second kappa shape index (κ2) is 12.6. The average molecular weight is 471 g/mol. The van der Waals surface area contributed by atoms with Gasteiger partial charge < -0.3 is 15.0 Å². The number of carbonyl (C=O) groups excluding carboxylic acids is 2. The highest BCUT2D eigenvalue weighted by molar-refractivity contribution is 6.30. The van der Waals surface area contributed by atoms with Crippen molar-refractivity contribution in [3.8, 4) is 5.75 Å². The highest BCUT2D eigenvalue weighted by Gasteiger charge is 2.30. The van der Waals surface area contributed by atoms with E-state index in [1.807, 2.05) is 50.2 Å². The fourth-order valence-electron chi connectivity index (χ4n) is 4.27. The summed E-state index contributed by atoms with van der Waals surface area (Å²) in [6.07, 6.45) is 5.84. The first kappa shape index (κ1) is 25.1. The van der Waals surface area contributed by atoms with E-state index in [1.54, 1.807) is 17.0 Å². The van der Waals surface area contributed by atoms with Gasteiger partial charge in [-0.2, -0.15) is 0 Å². The number of amides is 2. The Morgan fingerprint density at radius 3 is 2.39 bits per heavy atom. The van der Waals surface area contributed by atoms with Crippen LogP contribution in [0.3, 0.4) is 0 Å². The minimum Gasteiger partial charge on any atom is -0.494 e. The van der Waals surface area contributed by atoms with Crippen LogP contribution < -0.4 is 10.1 Å². The molecule has 2 amide bonds. The summed E-state index contributed by atoms with van der Waals surface area (Å²) in [5, 5.41) is 3.84. The molecule has 0 spiro atoms. The summed E-state index contributed by atoms with van der Waals surface area (Å²) in [5.41, 5.74) is 2.19. The number of aryl methyl sites for hydroxylation is 1. The van der Waals surface area contributed by atoms with E-state index in [2.05, 4.69) is 5.32 Å². The molecule has 1 unspecified atom stereocenters. The van der Waals surface area contributed by atoms with Crippen molar-refractivity contribution >= 4 is 23.4 Å². The van der Waals surface area contributed by atoms with Crippen LogP contribution in [0.15, 0.2) is 48.5 Å². The number of hydrogen-bond acceptors (Lipinski definition) is 3. The first-order chi connectivity index (χ1) is 16.0. The fourth-order valence-corrected chi connectivity index (χ4v) is 4.39. The molecule has 2 aromatic carbocycles. The van der Waals surface area contributed by atoms with Gasteiger partial charge in [-0.05, 0) is 62.4 Å². The molecule has 0 aromatic heterocycles. The predicted molar refractivity (Wildman–Crippen MR) is 132 cm³/mol. The first-order valence-corrected chi connectivity index (χ1v) is 12.4. The monoisotopic (exact) mass is 470 g/mol. The summed E-state index contributed by atoms with van der Waals surface area (Å²) in [6.45, 7) is 4.86. The van der Waals surface area contributed by atoms with E-state index < -0.39 is 6.04 Å². The number of benzene rings is 2. The van der Waals surface area contributed by atoms with Crippen LogP contribution in [0.2, 0.25) is 5.02 Å². The summed E-state index contributed by atoms with van der Waals surface area (Å²) >= 11 is 5.91. The molecule has 5 nitrogen and oxygen atoms in total. The number of nitrogens with zero attached hydrogens (tertiary/aromatic N) is 1. The molecule has 0 heterocycles. The van der Waals surface area contributed by atoms with Gasteiger partial charge in [0.05, 0.1) is 6.61 Å². The Balaban J connectivity index is 1.63. The van der Waals surface area contributed by atoms with Crippen molar-refractivity contribution in [3.05, 3.63) is 64.7 Å². The zero-order valence-corrected chi connectivity index (χ0v) is 20.4. The molecule has 0 saturated heterocycles. The quantitative estimate of drug-likeness (QED) is 0.430. The lowest BCUT2D eigenvalue weighted by Crippen LogP contribution is -2.50. The second-order valence-electron chi connectivity index (χ2n) is 8.83. The maximum absolute atomic E-state index is 13.3. The lowest BCUT2D eigenvalue weighted by molar-refractivity contribution is -0.141. The topological polar surface area (TPSA) is 58.6 Å². The molecule has 1 N–H and O–H groups in total. The van der Waals surface area contributed by atoms with Gasteiger partial charge in [-0.15, -0.1) is 0 Å². The summed E-state index contributed by atoms with van der Waals surface area (Å²) in [4.78, 5) is 28.2. The number of hydrogen-bond donors (Lipinski definition) is 1. The summed E-state index contributed by atoms with van der Waals surface area (Å²) in [7, 11) is 0. The van der Waals surface area contributed by atoms with Gasteiger partial charge in [-0.25, -0.2) is 0 Å².